The Balaban J connectivity index is 1.61. The maximum Gasteiger partial charge on any atom is 0.134 e. The fourth-order valence-corrected chi connectivity index (χ4v) is 3.29. The van der Waals surface area contributed by atoms with Gasteiger partial charge in [-0.3, -0.25) is 0 Å². The second kappa shape index (κ2) is 9.05. The van der Waals surface area contributed by atoms with Crippen molar-refractivity contribution in [1.82, 2.24) is 9.97 Å². The highest BCUT2D eigenvalue weighted by molar-refractivity contribution is 6.30. The molecular formula is C19H26ClN5O. The van der Waals surface area contributed by atoms with Gasteiger partial charge in [-0.05, 0) is 31.5 Å². The highest BCUT2D eigenvalue weighted by atomic mass is 35.5. The molecule has 0 unspecified atom stereocenters. The average Bonchev–Trinajstić information content (AvgIpc) is 2.65. The predicted molar refractivity (Wildman–Crippen MR) is 108 cm³/mol. The molecule has 1 aromatic carbocycles. The molecule has 0 amide bonds. The Kier molecular flexibility index (Phi) is 6.52. The molecule has 1 N–H and O–H groups in total. The highest BCUT2D eigenvalue weighted by Gasteiger charge is 2.19. The largest absolute Gasteiger partial charge is 0.385 e. The van der Waals surface area contributed by atoms with Crippen LogP contribution < -0.4 is 15.1 Å². The average molecular weight is 376 g/mol. The summed E-state index contributed by atoms with van der Waals surface area (Å²) in [4.78, 5) is 13.8. The van der Waals surface area contributed by atoms with Crippen molar-refractivity contribution in [2.24, 2.45) is 0 Å². The second-order valence-corrected chi connectivity index (χ2v) is 6.82. The van der Waals surface area contributed by atoms with Crippen molar-refractivity contribution in [2.75, 3.05) is 61.6 Å². The number of methoxy groups -OCH3 is 1. The van der Waals surface area contributed by atoms with Gasteiger partial charge < -0.3 is 19.9 Å². The summed E-state index contributed by atoms with van der Waals surface area (Å²) in [5.41, 5.74) is 1.18. The number of nitrogens with one attached hydrogen (secondary N) is 1. The van der Waals surface area contributed by atoms with Crippen LogP contribution in [0.2, 0.25) is 5.02 Å². The van der Waals surface area contributed by atoms with Crippen molar-refractivity contribution in [3.05, 3.63) is 41.2 Å². The Morgan fingerprint density at radius 3 is 2.62 bits per heavy atom. The standard InChI is InChI=1S/C19H26ClN5O/c1-15-22-18(21-7-4-12-26-2)14-19(23-15)25-10-8-24(9-11-25)17-6-3-5-16(20)13-17/h3,5-6,13-14H,4,7-12H2,1-2H3,(H,21,22,23). The summed E-state index contributed by atoms with van der Waals surface area (Å²) in [5.74, 6) is 2.65. The van der Waals surface area contributed by atoms with Gasteiger partial charge in [-0.1, -0.05) is 17.7 Å². The van der Waals surface area contributed by atoms with Crippen LogP contribution in [-0.2, 0) is 4.74 Å². The molecule has 2 aromatic rings. The molecule has 0 atom stereocenters. The molecule has 6 nitrogen and oxygen atoms in total. The number of aryl methyl sites for hydroxylation is 1. The Hall–Kier alpha value is -2.05. The SMILES string of the molecule is COCCCNc1cc(N2CCN(c3cccc(Cl)c3)CC2)nc(C)n1. The molecule has 1 saturated heterocycles. The van der Waals surface area contributed by atoms with E-state index in [1.165, 1.54) is 5.69 Å². The molecule has 140 valence electrons. The van der Waals surface area contributed by atoms with Crippen LogP contribution in [0.3, 0.4) is 0 Å². The van der Waals surface area contributed by atoms with Crippen molar-refractivity contribution in [1.29, 1.82) is 0 Å². The van der Waals surface area contributed by atoms with E-state index in [1.54, 1.807) is 7.11 Å². The summed E-state index contributed by atoms with van der Waals surface area (Å²) in [5, 5.41) is 4.14. The first-order valence-corrected chi connectivity index (χ1v) is 9.37. The maximum absolute atomic E-state index is 6.12. The molecule has 1 aliphatic heterocycles. The molecule has 1 aliphatic rings. The lowest BCUT2D eigenvalue weighted by molar-refractivity contribution is 0.198. The lowest BCUT2D eigenvalue weighted by Gasteiger charge is -2.37. The molecule has 0 aliphatic carbocycles. The molecule has 26 heavy (non-hydrogen) atoms. The molecular weight excluding hydrogens is 350 g/mol. The molecule has 1 aromatic heterocycles. The second-order valence-electron chi connectivity index (χ2n) is 6.39. The summed E-state index contributed by atoms with van der Waals surface area (Å²) in [6.07, 6.45) is 0.952. The quantitative estimate of drug-likeness (QED) is 0.750. The first-order valence-electron chi connectivity index (χ1n) is 8.99. The number of anilines is 3. The zero-order valence-electron chi connectivity index (χ0n) is 15.4. The monoisotopic (exact) mass is 375 g/mol. The van der Waals surface area contributed by atoms with Crippen LogP contribution in [0.5, 0.6) is 0 Å². The van der Waals surface area contributed by atoms with Crippen LogP contribution in [0.15, 0.2) is 30.3 Å². The Labute approximate surface area is 160 Å². The third kappa shape index (κ3) is 4.99. The topological polar surface area (TPSA) is 53.5 Å². The van der Waals surface area contributed by atoms with E-state index in [0.717, 1.165) is 68.2 Å². The number of halogens is 1. The minimum absolute atomic E-state index is 0.745. The van der Waals surface area contributed by atoms with Crippen LogP contribution in [0.1, 0.15) is 12.2 Å². The van der Waals surface area contributed by atoms with Gasteiger partial charge in [-0.2, -0.15) is 0 Å². The van der Waals surface area contributed by atoms with E-state index in [4.69, 9.17) is 16.3 Å². The third-order valence-corrected chi connectivity index (χ3v) is 4.67. The lowest BCUT2D eigenvalue weighted by Crippen LogP contribution is -2.46. The van der Waals surface area contributed by atoms with E-state index in [-0.39, 0.29) is 0 Å². The Bertz CT molecular complexity index is 719. The van der Waals surface area contributed by atoms with Gasteiger partial charge in [0.25, 0.3) is 0 Å². The van der Waals surface area contributed by atoms with Crippen LogP contribution in [0.25, 0.3) is 0 Å². The fourth-order valence-electron chi connectivity index (χ4n) is 3.10. The summed E-state index contributed by atoms with van der Waals surface area (Å²) in [6.45, 7) is 7.26. The molecule has 7 heteroatoms. The summed E-state index contributed by atoms with van der Waals surface area (Å²) < 4.78 is 5.08. The third-order valence-electron chi connectivity index (χ3n) is 4.43. The number of aromatic nitrogens is 2. The molecule has 0 spiro atoms. The minimum Gasteiger partial charge on any atom is -0.385 e. The fraction of sp³-hybridized carbons (Fsp3) is 0.474. The molecule has 0 radical (unpaired) electrons. The van der Waals surface area contributed by atoms with Crippen LogP contribution in [0, 0.1) is 6.92 Å². The van der Waals surface area contributed by atoms with Gasteiger partial charge in [0.05, 0.1) is 0 Å². The van der Waals surface area contributed by atoms with Crippen LogP contribution in [0.4, 0.5) is 17.3 Å². The Morgan fingerprint density at radius 1 is 1.12 bits per heavy atom. The van der Waals surface area contributed by atoms with Crippen molar-refractivity contribution < 1.29 is 4.74 Å². The van der Waals surface area contributed by atoms with Crippen LogP contribution >= 0.6 is 11.6 Å². The highest BCUT2D eigenvalue weighted by Crippen LogP contribution is 2.23. The number of nitrogens with zero attached hydrogens (tertiary/aromatic N) is 4. The van der Waals surface area contributed by atoms with Crippen molar-refractivity contribution in [3.63, 3.8) is 0 Å². The van der Waals surface area contributed by atoms with Crippen molar-refractivity contribution in [2.45, 2.75) is 13.3 Å². The van der Waals surface area contributed by atoms with Crippen molar-refractivity contribution >= 4 is 28.9 Å². The van der Waals surface area contributed by atoms with Gasteiger partial charge in [-0.15, -0.1) is 0 Å². The van der Waals surface area contributed by atoms with E-state index in [9.17, 15) is 0 Å². The van der Waals surface area contributed by atoms with E-state index in [2.05, 4.69) is 31.2 Å². The van der Waals surface area contributed by atoms with Gasteiger partial charge in [-0.25, -0.2) is 9.97 Å². The summed E-state index contributed by atoms with van der Waals surface area (Å²) in [7, 11) is 1.72. The van der Waals surface area contributed by atoms with E-state index in [1.807, 2.05) is 31.2 Å². The van der Waals surface area contributed by atoms with Gasteiger partial charge >= 0.3 is 0 Å². The summed E-state index contributed by atoms with van der Waals surface area (Å²) in [6, 6.07) is 10.1. The number of hydrogen-bond acceptors (Lipinski definition) is 6. The first kappa shape index (κ1) is 18.7. The number of piperazine rings is 1. The lowest BCUT2D eigenvalue weighted by atomic mass is 10.2. The molecule has 3 rings (SSSR count). The van der Waals surface area contributed by atoms with E-state index < -0.39 is 0 Å². The molecule has 0 saturated carbocycles. The first-order chi connectivity index (χ1) is 12.7. The Morgan fingerprint density at radius 2 is 1.88 bits per heavy atom. The smallest absolute Gasteiger partial charge is 0.134 e. The van der Waals surface area contributed by atoms with Crippen molar-refractivity contribution in [3.8, 4) is 0 Å². The van der Waals surface area contributed by atoms with Gasteiger partial charge in [0.2, 0.25) is 0 Å². The zero-order chi connectivity index (χ0) is 18.4. The van der Waals surface area contributed by atoms with E-state index in [0.29, 0.717) is 0 Å². The zero-order valence-corrected chi connectivity index (χ0v) is 16.2. The summed E-state index contributed by atoms with van der Waals surface area (Å²) >= 11 is 6.12. The molecule has 0 bridgehead atoms. The maximum atomic E-state index is 6.12. The number of rotatable bonds is 7. The van der Waals surface area contributed by atoms with Gasteiger partial charge in [0, 0.05) is 63.2 Å². The van der Waals surface area contributed by atoms with E-state index >= 15 is 0 Å². The number of hydrogen-bond donors (Lipinski definition) is 1. The van der Waals surface area contributed by atoms with Gasteiger partial charge in [0.15, 0.2) is 0 Å². The van der Waals surface area contributed by atoms with Gasteiger partial charge in [0.1, 0.15) is 17.5 Å². The number of ether oxygens (including phenoxy) is 1. The molecule has 2 heterocycles. The minimum atomic E-state index is 0.745. The predicted octanol–water partition coefficient (Wildman–Crippen LogP) is 3.21. The number of benzene rings is 1. The van der Waals surface area contributed by atoms with Crippen LogP contribution in [-0.4, -0.2) is 56.4 Å². The normalized spacial score (nSPS) is 14.6. The molecule has 1 fully saturated rings.